The van der Waals surface area contributed by atoms with E-state index in [1.165, 1.54) is 5.56 Å². The second kappa shape index (κ2) is 6.40. The van der Waals surface area contributed by atoms with Crippen LogP contribution in [0.25, 0.3) is 0 Å². The highest BCUT2D eigenvalue weighted by atomic mass is 16.2. The molecule has 1 amide bonds. The first kappa shape index (κ1) is 13.7. The van der Waals surface area contributed by atoms with Crippen LogP contribution in [0.3, 0.4) is 0 Å². The molecule has 1 aromatic rings. The fourth-order valence-corrected chi connectivity index (χ4v) is 1.91. The first-order valence-corrected chi connectivity index (χ1v) is 6.02. The Morgan fingerprint density at radius 3 is 2.35 bits per heavy atom. The van der Waals surface area contributed by atoms with Gasteiger partial charge in [0, 0.05) is 20.1 Å². The zero-order valence-electron chi connectivity index (χ0n) is 11.1. The number of nitrogens with zero attached hydrogens (tertiary/aromatic N) is 1. The van der Waals surface area contributed by atoms with Crippen molar-refractivity contribution in [3.63, 3.8) is 0 Å². The summed E-state index contributed by atoms with van der Waals surface area (Å²) in [6.07, 6.45) is 0.936. The van der Waals surface area contributed by atoms with E-state index in [0.717, 1.165) is 6.42 Å². The summed E-state index contributed by atoms with van der Waals surface area (Å²) in [7, 11) is 3.56. The summed E-state index contributed by atoms with van der Waals surface area (Å²) in [6, 6.07) is 10.5. The van der Waals surface area contributed by atoms with E-state index in [9.17, 15) is 4.79 Å². The highest BCUT2D eigenvalue weighted by molar-refractivity contribution is 5.80. The van der Waals surface area contributed by atoms with Crippen LogP contribution in [0.2, 0.25) is 0 Å². The average Bonchev–Trinajstić information content (AvgIpc) is 2.28. The van der Waals surface area contributed by atoms with Gasteiger partial charge in [-0.05, 0) is 25.8 Å². The molecule has 0 fully saturated rings. The monoisotopic (exact) mass is 234 g/mol. The lowest BCUT2D eigenvalue weighted by Crippen LogP contribution is -2.45. The summed E-state index contributed by atoms with van der Waals surface area (Å²) in [4.78, 5) is 13.3. The van der Waals surface area contributed by atoms with Crippen LogP contribution >= 0.6 is 0 Å². The van der Waals surface area contributed by atoms with Gasteiger partial charge in [-0.15, -0.1) is 0 Å². The molecule has 1 rings (SSSR count). The number of amides is 1. The number of benzene rings is 1. The molecule has 0 aliphatic carbocycles. The van der Waals surface area contributed by atoms with Crippen molar-refractivity contribution in [3.05, 3.63) is 35.9 Å². The molecule has 0 bridgehead atoms. The quantitative estimate of drug-likeness (QED) is 0.840. The van der Waals surface area contributed by atoms with Gasteiger partial charge in [0.05, 0.1) is 6.04 Å². The number of rotatable bonds is 5. The molecule has 0 spiro atoms. The Morgan fingerprint density at radius 2 is 1.82 bits per heavy atom. The van der Waals surface area contributed by atoms with E-state index in [0.29, 0.717) is 0 Å². The molecule has 3 nitrogen and oxygen atoms in total. The van der Waals surface area contributed by atoms with Gasteiger partial charge in [0.2, 0.25) is 5.91 Å². The summed E-state index contributed by atoms with van der Waals surface area (Å²) < 4.78 is 0. The van der Waals surface area contributed by atoms with Crippen molar-refractivity contribution < 1.29 is 4.79 Å². The van der Waals surface area contributed by atoms with Crippen molar-refractivity contribution in [1.29, 1.82) is 0 Å². The molecule has 0 aliphatic heterocycles. The van der Waals surface area contributed by atoms with Gasteiger partial charge in [-0.25, -0.2) is 0 Å². The van der Waals surface area contributed by atoms with Crippen LogP contribution in [0.1, 0.15) is 19.4 Å². The molecule has 1 aromatic carbocycles. The molecular formula is C14H22N2O. The Bertz CT molecular complexity index is 348. The highest BCUT2D eigenvalue weighted by Crippen LogP contribution is 2.03. The minimum atomic E-state index is -0.135. The topological polar surface area (TPSA) is 32.3 Å². The number of likely N-dealkylation sites (N-methyl/N-ethyl adjacent to an activating group) is 1. The number of carbonyl (C=O) groups excluding carboxylic acids is 1. The second-order valence-electron chi connectivity index (χ2n) is 4.71. The third kappa shape index (κ3) is 4.57. The molecule has 0 radical (unpaired) electrons. The van der Waals surface area contributed by atoms with Gasteiger partial charge in [-0.1, -0.05) is 30.3 Å². The zero-order valence-corrected chi connectivity index (χ0v) is 11.1. The van der Waals surface area contributed by atoms with E-state index < -0.39 is 0 Å². The van der Waals surface area contributed by atoms with Gasteiger partial charge in [-0.2, -0.15) is 0 Å². The standard InChI is InChI=1S/C14H22N2O/c1-11(10-13-8-6-5-7-9-13)15-12(2)14(17)16(3)4/h5-9,11-12,15H,10H2,1-4H3. The fourth-order valence-electron chi connectivity index (χ4n) is 1.91. The molecule has 17 heavy (non-hydrogen) atoms. The molecule has 0 heterocycles. The number of carbonyl (C=O) groups is 1. The first-order valence-electron chi connectivity index (χ1n) is 6.02. The van der Waals surface area contributed by atoms with Crippen LogP contribution in [0.15, 0.2) is 30.3 Å². The Hall–Kier alpha value is -1.35. The number of hydrogen-bond donors (Lipinski definition) is 1. The Morgan fingerprint density at radius 1 is 1.24 bits per heavy atom. The van der Waals surface area contributed by atoms with E-state index in [-0.39, 0.29) is 18.0 Å². The summed E-state index contributed by atoms with van der Waals surface area (Å²) in [5, 5.41) is 3.32. The average molecular weight is 234 g/mol. The Kier molecular flexibility index (Phi) is 5.16. The van der Waals surface area contributed by atoms with Crippen LogP contribution in [-0.2, 0) is 11.2 Å². The Balaban J connectivity index is 2.45. The van der Waals surface area contributed by atoms with E-state index in [1.807, 2.05) is 25.1 Å². The number of nitrogens with one attached hydrogen (secondary N) is 1. The summed E-state index contributed by atoms with van der Waals surface area (Å²) in [5.41, 5.74) is 1.29. The van der Waals surface area contributed by atoms with Crippen molar-refractivity contribution in [3.8, 4) is 0 Å². The molecule has 2 atom stereocenters. The lowest BCUT2D eigenvalue weighted by atomic mass is 10.1. The maximum absolute atomic E-state index is 11.7. The van der Waals surface area contributed by atoms with Gasteiger partial charge < -0.3 is 10.2 Å². The maximum Gasteiger partial charge on any atom is 0.238 e. The van der Waals surface area contributed by atoms with Crippen LogP contribution in [-0.4, -0.2) is 37.0 Å². The van der Waals surface area contributed by atoms with E-state index >= 15 is 0 Å². The molecule has 0 saturated heterocycles. The van der Waals surface area contributed by atoms with Gasteiger partial charge in [0.25, 0.3) is 0 Å². The normalized spacial score (nSPS) is 14.1. The highest BCUT2D eigenvalue weighted by Gasteiger charge is 2.16. The maximum atomic E-state index is 11.7. The lowest BCUT2D eigenvalue weighted by Gasteiger charge is -2.22. The molecular weight excluding hydrogens is 212 g/mol. The summed E-state index contributed by atoms with van der Waals surface area (Å²) in [6.45, 7) is 4.01. The molecule has 3 heteroatoms. The van der Waals surface area contributed by atoms with E-state index in [2.05, 4.69) is 24.4 Å². The van der Waals surface area contributed by atoms with Crippen molar-refractivity contribution in [2.24, 2.45) is 0 Å². The van der Waals surface area contributed by atoms with Crippen LogP contribution in [0.5, 0.6) is 0 Å². The minimum absolute atomic E-state index is 0.116. The number of hydrogen-bond acceptors (Lipinski definition) is 2. The Labute approximate surface area is 104 Å². The van der Waals surface area contributed by atoms with Gasteiger partial charge in [-0.3, -0.25) is 4.79 Å². The van der Waals surface area contributed by atoms with E-state index in [1.54, 1.807) is 19.0 Å². The molecule has 0 aromatic heterocycles. The largest absolute Gasteiger partial charge is 0.347 e. The molecule has 1 N–H and O–H groups in total. The van der Waals surface area contributed by atoms with Crippen LogP contribution in [0.4, 0.5) is 0 Å². The summed E-state index contributed by atoms with van der Waals surface area (Å²) in [5.74, 6) is 0.116. The molecule has 94 valence electrons. The van der Waals surface area contributed by atoms with Crippen LogP contribution in [0, 0.1) is 0 Å². The van der Waals surface area contributed by atoms with Crippen molar-refractivity contribution >= 4 is 5.91 Å². The van der Waals surface area contributed by atoms with Gasteiger partial charge >= 0.3 is 0 Å². The van der Waals surface area contributed by atoms with Gasteiger partial charge in [0.15, 0.2) is 0 Å². The van der Waals surface area contributed by atoms with Crippen molar-refractivity contribution in [2.45, 2.75) is 32.4 Å². The second-order valence-corrected chi connectivity index (χ2v) is 4.71. The third-order valence-corrected chi connectivity index (χ3v) is 2.73. The zero-order chi connectivity index (χ0) is 12.8. The van der Waals surface area contributed by atoms with Crippen molar-refractivity contribution in [1.82, 2.24) is 10.2 Å². The molecule has 2 unspecified atom stereocenters. The molecule has 0 aliphatic rings. The first-order chi connectivity index (χ1) is 8.00. The SMILES string of the molecule is CC(Cc1ccccc1)NC(C)C(=O)N(C)C. The van der Waals surface area contributed by atoms with Crippen molar-refractivity contribution in [2.75, 3.05) is 14.1 Å². The predicted octanol–water partition coefficient (Wildman–Crippen LogP) is 1.68. The van der Waals surface area contributed by atoms with Gasteiger partial charge in [0.1, 0.15) is 0 Å². The smallest absolute Gasteiger partial charge is 0.238 e. The fraction of sp³-hybridized carbons (Fsp3) is 0.500. The summed E-state index contributed by atoms with van der Waals surface area (Å²) >= 11 is 0. The van der Waals surface area contributed by atoms with Crippen LogP contribution < -0.4 is 5.32 Å². The third-order valence-electron chi connectivity index (χ3n) is 2.73. The molecule has 0 saturated carbocycles. The lowest BCUT2D eigenvalue weighted by molar-refractivity contribution is -0.130. The minimum Gasteiger partial charge on any atom is -0.347 e. The predicted molar refractivity (Wildman–Crippen MR) is 70.9 cm³/mol. The van der Waals surface area contributed by atoms with E-state index in [4.69, 9.17) is 0 Å².